The molecule has 0 aliphatic carbocycles. The van der Waals surface area contributed by atoms with Gasteiger partial charge in [0.25, 0.3) is 0 Å². The van der Waals surface area contributed by atoms with Crippen LogP contribution in [-0.4, -0.2) is 24.3 Å². The molecule has 21 heavy (non-hydrogen) atoms. The van der Waals surface area contributed by atoms with Crippen LogP contribution >= 0.6 is 34.8 Å². The number of aromatic nitrogens is 5. The van der Waals surface area contributed by atoms with Gasteiger partial charge in [-0.25, -0.2) is 9.97 Å². The molecule has 0 fully saturated rings. The van der Waals surface area contributed by atoms with E-state index in [-0.39, 0.29) is 0 Å². The first kappa shape index (κ1) is 14.6. The molecule has 0 bridgehead atoms. The minimum Gasteiger partial charge on any atom is -0.326 e. The van der Waals surface area contributed by atoms with Gasteiger partial charge in [0, 0.05) is 20.0 Å². The lowest BCUT2D eigenvalue weighted by Crippen LogP contribution is -2.06. The van der Waals surface area contributed by atoms with E-state index in [4.69, 9.17) is 34.8 Å². The van der Waals surface area contributed by atoms with Gasteiger partial charge in [0.05, 0.1) is 27.0 Å². The first-order valence-electron chi connectivity index (χ1n) is 6.33. The van der Waals surface area contributed by atoms with Crippen LogP contribution in [0.4, 0.5) is 0 Å². The van der Waals surface area contributed by atoms with E-state index in [9.17, 15) is 0 Å². The molecule has 0 aliphatic heterocycles. The molecule has 110 valence electrons. The molecule has 0 amide bonds. The summed E-state index contributed by atoms with van der Waals surface area (Å²) in [5.41, 5.74) is 1.70. The number of nitrogens with zero attached hydrogens (tertiary/aromatic N) is 5. The molecule has 0 unspecified atom stereocenters. The molecule has 0 N–H and O–H groups in total. The highest BCUT2D eigenvalue weighted by Gasteiger charge is 2.13. The number of imidazole rings is 1. The first-order valence-corrected chi connectivity index (χ1v) is 7.62. The van der Waals surface area contributed by atoms with Crippen molar-refractivity contribution >= 4 is 45.8 Å². The van der Waals surface area contributed by atoms with Gasteiger partial charge in [0.1, 0.15) is 12.2 Å². The lowest BCUT2D eigenvalue weighted by molar-refractivity contribution is 0.654. The summed E-state index contributed by atoms with van der Waals surface area (Å²) in [5.74, 6) is 1.88. The normalized spacial score (nSPS) is 11.4. The largest absolute Gasteiger partial charge is 0.326 e. The third-order valence-electron chi connectivity index (χ3n) is 3.19. The summed E-state index contributed by atoms with van der Waals surface area (Å²) < 4.78 is 3.71. The van der Waals surface area contributed by atoms with Gasteiger partial charge < -0.3 is 4.57 Å². The van der Waals surface area contributed by atoms with E-state index >= 15 is 0 Å². The number of benzene rings is 1. The summed E-state index contributed by atoms with van der Waals surface area (Å²) in [6.07, 6.45) is 2.37. The number of alkyl halides is 1. The summed E-state index contributed by atoms with van der Waals surface area (Å²) in [5, 5.41) is 5.26. The number of hydrogen-bond acceptors (Lipinski definition) is 3. The molecule has 0 atom stereocenters. The average molecular weight is 345 g/mol. The number of hydrogen-bond donors (Lipinski definition) is 0. The molecule has 0 spiro atoms. The van der Waals surface area contributed by atoms with Crippen molar-refractivity contribution in [3.63, 3.8) is 0 Å². The standard InChI is InChI=1S/C13H12Cl3N5/c1-20-7-17-12(19-20)2-3-21-11-5-9(16)8(15)4-10(11)18-13(21)6-14/h4-5,7H,2-3,6H2,1H3. The summed E-state index contributed by atoms with van der Waals surface area (Å²) >= 11 is 18.1. The van der Waals surface area contributed by atoms with Crippen molar-refractivity contribution in [3.05, 3.63) is 40.2 Å². The second-order valence-corrected chi connectivity index (χ2v) is 5.73. The molecule has 3 rings (SSSR count). The maximum absolute atomic E-state index is 6.10. The molecule has 0 aliphatic rings. The Morgan fingerprint density at radius 3 is 2.62 bits per heavy atom. The van der Waals surface area contributed by atoms with Crippen LogP contribution in [0.1, 0.15) is 11.6 Å². The lowest BCUT2D eigenvalue weighted by Gasteiger charge is -2.06. The number of aryl methyl sites for hydroxylation is 3. The topological polar surface area (TPSA) is 48.5 Å². The average Bonchev–Trinajstić information content (AvgIpc) is 3.01. The molecule has 0 saturated carbocycles. The second kappa shape index (κ2) is 5.83. The van der Waals surface area contributed by atoms with Crippen LogP contribution in [0.15, 0.2) is 18.5 Å². The molecular weight excluding hydrogens is 333 g/mol. The Hall–Kier alpha value is -1.30. The van der Waals surface area contributed by atoms with Crippen molar-refractivity contribution in [2.24, 2.45) is 7.05 Å². The van der Waals surface area contributed by atoms with Gasteiger partial charge in [-0.3, -0.25) is 4.68 Å². The van der Waals surface area contributed by atoms with Crippen molar-refractivity contribution in [3.8, 4) is 0 Å². The Balaban J connectivity index is 1.97. The highest BCUT2D eigenvalue weighted by Crippen LogP contribution is 2.28. The highest BCUT2D eigenvalue weighted by molar-refractivity contribution is 6.42. The van der Waals surface area contributed by atoms with Gasteiger partial charge in [-0.1, -0.05) is 23.2 Å². The van der Waals surface area contributed by atoms with Gasteiger partial charge in [0.2, 0.25) is 0 Å². The maximum atomic E-state index is 6.10. The SMILES string of the molecule is Cn1cnc(CCn2c(CCl)nc3cc(Cl)c(Cl)cc32)n1. The zero-order chi connectivity index (χ0) is 15.0. The van der Waals surface area contributed by atoms with E-state index in [1.807, 2.05) is 17.7 Å². The zero-order valence-corrected chi connectivity index (χ0v) is 13.5. The van der Waals surface area contributed by atoms with Crippen LogP contribution in [0, 0.1) is 0 Å². The van der Waals surface area contributed by atoms with Gasteiger partial charge in [0.15, 0.2) is 5.82 Å². The predicted molar refractivity (Wildman–Crippen MR) is 84.0 cm³/mol. The minimum atomic E-state index is 0.319. The van der Waals surface area contributed by atoms with E-state index in [2.05, 4.69) is 15.1 Å². The molecule has 2 heterocycles. The third kappa shape index (κ3) is 2.86. The molecule has 3 aromatic rings. The molecule has 8 heteroatoms. The fourth-order valence-electron chi connectivity index (χ4n) is 2.23. The molecule has 0 radical (unpaired) electrons. The van der Waals surface area contributed by atoms with Gasteiger partial charge in [-0.15, -0.1) is 11.6 Å². The summed E-state index contributed by atoms with van der Waals surface area (Å²) in [7, 11) is 1.84. The van der Waals surface area contributed by atoms with Crippen molar-refractivity contribution in [2.75, 3.05) is 0 Å². The molecule has 2 aromatic heterocycles. The van der Waals surface area contributed by atoms with Crippen molar-refractivity contribution < 1.29 is 0 Å². The Morgan fingerprint density at radius 1 is 1.19 bits per heavy atom. The summed E-state index contributed by atoms with van der Waals surface area (Å²) in [4.78, 5) is 8.71. The molecule has 5 nitrogen and oxygen atoms in total. The van der Waals surface area contributed by atoms with Crippen LogP contribution < -0.4 is 0 Å². The quantitative estimate of drug-likeness (QED) is 0.681. The summed E-state index contributed by atoms with van der Waals surface area (Å²) in [6.45, 7) is 0.681. The first-order chi connectivity index (χ1) is 10.1. The number of rotatable bonds is 4. The van der Waals surface area contributed by atoms with Crippen LogP contribution in [0.3, 0.4) is 0 Å². The molecular formula is C13H12Cl3N5. The smallest absolute Gasteiger partial charge is 0.152 e. The third-order valence-corrected chi connectivity index (χ3v) is 4.16. The van der Waals surface area contributed by atoms with E-state index in [1.54, 1.807) is 17.1 Å². The monoisotopic (exact) mass is 343 g/mol. The van der Waals surface area contributed by atoms with Crippen LogP contribution in [0.25, 0.3) is 11.0 Å². The fraction of sp³-hybridized carbons (Fsp3) is 0.308. The van der Waals surface area contributed by atoms with E-state index in [0.717, 1.165) is 22.7 Å². The van der Waals surface area contributed by atoms with E-state index < -0.39 is 0 Å². The minimum absolute atomic E-state index is 0.319. The van der Waals surface area contributed by atoms with Crippen LogP contribution in [0.2, 0.25) is 10.0 Å². The Kier molecular flexibility index (Phi) is 4.06. The Labute approximate surface area is 136 Å². The van der Waals surface area contributed by atoms with Crippen molar-refractivity contribution in [1.29, 1.82) is 0 Å². The predicted octanol–water partition coefficient (Wildman–Crippen LogP) is 3.45. The zero-order valence-electron chi connectivity index (χ0n) is 11.2. The number of halogens is 3. The highest BCUT2D eigenvalue weighted by atomic mass is 35.5. The molecule has 1 aromatic carbocycles. The fourth-order valence-corrected chi connectivity index (χ4v) is 2.75. The maximum Gasteiger partial charge on any atom is 0.152 e. The number of fused-ring (bicyclic) bond motifs is 1. The van der Waals surface area contributed by atoms with E-state index in [1.165, 1.54) is 0 Å². The van der Waals surface area contributed by atoms with E-state index in [0.29, 0.717) is 28.9 Å². The summed E-state index contributed by atoms with van der Waals surface area (Å²) in [6, 6.07) is 3.57. The Morgan fingerprint density at radius 2 is 1.95 bits per heavy atom. The second-order valence-electron chi connectivity index (χ2n) is 4.65. The van der Waals surface area contributed by atoms with Gasteiger partial charge in [-0.2, -0.15) is 5.10 Å². The van der Waals surface area contributed by atoms with Crippen LogP contribution in [0.5, 0.6) is 0 Å². The Bertz CT molecular complexity index is 793. The van der Waals surface area contributed by atoms with Gasteiger partial charge in [-0.05, 0) is 12.1 Å². The van der Waals surface area contributed by atoms with Crippen molar-refractivity contribution in [1.82, 2.24) is 24.3 Å². The van der Waals surface area contributed by atoms with Crippen molar-refractivity contribution in [2.45, 2.75) is 18.8 Å². The van der Waals surface area contributed by atoms with Crippen LogP contribution in [-0.2, 0) is 25.9 Å². The lowest BCUT2D eigenvalue weighted by atomic mass is 10.3. The molecule has 0 saturated heterocycles. The van der Waals surface area contributed by atoms with Gasteiger partial charge >= 0.3 is 0 Å².